The van der Waals surface area contributed by atoms with Crippen LogP contribution in [0, 0.1) is 5.92 Å². The highest BCUT2D eigenvalue weighted by Crippen LogP contribution is 2.42. The lowest BCUT2D eigenvalue weighted by molar-refractivity contribution is -0.265. The molecule has 1 fully saturated rings. The van der Waals surface area contributed by atoms with Gasteiger partial charge in [0.2, 0.25) is 0 Å². The van der Waals surface area contributed by atoms with Crippen molar-refractivity contribution in [1.82, 2.24) is 19.6 Å². The van der Waals surface area contributed by atoms with E-state index in [1.165, 1.54) is 0 Å². The molecule has 0 amide bonds. The second-order valence-corrected chi connectivity index (χ2v) is 22.2. The maximum atomic E-state index is 14.0. The molecule has 0 bridgehead atoms. The van der Waals surface area contributed by atoms with Crippen molar-refractivity contribution in [1.29, 1.82) is 0 Å². The molecule has 1 saturated carbocycles. The molecule has 0 saturated heterocycles. The zero-order valence-corrected chi connectivity index (χ0v) is 29.4. The molecule has 258 valence electrons. The van der Waals surface area contributed by atoms with E-state index in [1.54, 1.807) is 25.3 Å². The van der Waals surface area contributed by atoms with Crippen LogP contribution in [0.1, 0.15) is 70.9 Å². The van der Waals surface area contributed by atoms with Crippen LogP contribution in [-0.2, 0) is 27.2 Å². The molecule has 2 aromatic rings. The minimum atomic E-state index is -4.64. The molecule has 1 aliphatic rings. The van der Waals surface area contributed by atoms with Crippen molar-refractivity contribution >= 4 is 30.1 Å². The predicted molar refractivity (Wildman–Crippen MR) is 171 cm³/mol. The normalized spacial score (nSPS) is 17.6. The topological polar surface area (TPSA) is 103 Å². The van der Waals surface area contributed by atoms with Gasteiger partial charge < -0.3 is 25.1 Å². The molecule has 0 radical (unpaired) electrons. The number of aromatic nitrogens is 2. The van der Waals surface area contributed by atoms with Gasteiger partial charge in [-0.25, -0.2) is 22.7 Å². The summed E-state index contributed by atoms with van der Waals surface area (Å²) in [5.41, 5.74) is 4.70. The second kappa shape index (κ2) is 14.3. The number of benzene rings is 1. The van der Waals surface area contributed by atoms with Gasteiger partial charge >= 0.3 is 6.18 Å². The quantitative estimate of drug-likeness (QED) is 0.101. The molecule has 3 rings (SSSR count). The van der Waals surface area contributed by atoms with Crippen molar-refractivity contribution in [2.75, 3.05) is 26.3 Å². The van der Waals surface area contributed by atoms with Crippen molar-refractivity contribution in [3.05, 3.63) is 29.6 Å². The van der Waals surface area contributed by atoms with E-state index in [9.17, 15) is 26.2 Å². The summed E-state index contributed by atoms with van der Waals surface area (Å²) in [4.78, 5) is 4.82. The van der Waals surface area contributed by atoms with Crippen LogP contribution in [0.5, 0.6) is 0 Å². The van der Waals surface area contributed by atoms with E-state index in [-0.39, 0.29) is 18.7 Å². The summed E-state index contributed by atoms with van der Waals surface area (Å²) in [7, 11) is -3.09. The molecule has 1 aromatic heterocycles. The molecule has 4 N–H and O–H groups in total. The fourth-order valence-corrected chi connectivity index (χ4v) is 6.00. The van der Waals surface area contributed by atoms with Gasteiger partial charge in [0.05, 0.1) is 46.5 Å². The van der Waals surface area contributed by atoms with E-state index in [0.29, 0.717) is 23.5 Å². The first-order chi connectivity index (χ1) is 20.5. The Morgan fingerprint density at radius 3 is 2.29 bits per heavy atom. The summed E-state index contributed by atoms with van der Waals surface area (Å²) in [6.07, 6.45) is -2.85. The van der Waals surface area contributed by atoms with Crippen LogP contribution in [0.3, 0.4) is 0 Å². The Morgan fingerprint density at radius 2 is 1.76 bits per heavy atom. The van der Waals surface area contributed by atoms with Crippen molar-refractivity contribution in [3.63, 3.8) is 0 Å². The number of nitrogens with one attached hydrogen (secondary N) is 2. The summed E-state index contributed by atoms with van der Waals surface area (Å²) in [5, 5.41) is 2.98. The van der Waals surface area contributed by atoms with E-state index >= 15 is 0 Å². The number of rotatable bonds is 17. The minimum Gasteiger partial charge on any atom is -0.364 e. The van der Waals surface area contributed by atoms with Crippen LogP contribution in [-0.4, -0.2) is 70.6 Å². The number of alkyl halides is 5. The largest absolute Gasteiger partial charge is 0.416 e. The van der Waals surface area contributed by atoms with Gasteiger partial charge in [-0.1, -0.05) is 25.7 Å². The number of halogens is 5. The van der Waals surface area contributed by atoms with Crippen LogP contribution >= 0.6 is 0 Å². The molecule has 1 aliphatic carbocycles. The van der Waals surface area contributed by atoms with E-state index in [1.807, 2.05) is 18.2 Å². The van der Waals surface area contributed by atoms with Gasteiger partial charge in [-0.3, -0.25) is 0 Å². The summed E-state index contributed by atoms with van der Waals surface area (Å²) in [6, 6.07) is 5.04. The van der Waals surface area contributed by atoms with Crippen molar-refractivity contribution < 1.29 is 35.6 Å². The third-order valence-electron chi connectivity index (χ3n) is 7.76. The maximum absolute atomic E-state index is 14.0. The Morgan fingerprint density at radius 1 is 1.11 bits per heavy atom. The smallest absolute Gasteiger partial charge is 0.364 e. The van der Waals surface area contributed by atoms with Crippen molar-refractivity contribution in [3.8, 4) is 0 Å². The maximum Gasteiger partial charge on any atom is 0.416 e. The summed E-state index contributed by atoms with van der Waals surface area (Å²) < 4.78 is 98.0. The highest BCUT2D eigenvalue weighted by Gasteiger charge is 2.49. The fraction of sp³-hybridized carbons (Fsp3) is 0.767. The zero-order chi connectivity index (χ0) is 34.0. The average Bonchev–Trinajstić information content (AvgIpc) is 3.68. The van der Waals surface area contributed by atoms with E-state index in [0.717, 1.165) is 38.3 Å². The number of nitrogens with zero attached hydrogens (tertiary/aromatic N) is 2. The standard InChI is InChI=1S/C30H50F5N5O3SSi/c1-27(2,3)44(41)39-23(16-43-28(4,5)30(33,34)35)26-38-22-15-21(25(20-9-10-20)37-18-29(31,32)17-36)11-12-24(22)40(26)19-42-13-14-45(6,7)8/h11-12,15,20,23,25,37,39H,9-10,13-14,16-19,36H2,1-8H3/t23-,25+,44+/m0/s1. The van der Waals surface area contributed by atoms with Crippen LogP contribution in [0.15, 0.2) is 18.2 Å². The van der Waals surface area contributed by atoms with Gasteiger partial charge in [-0.2, -0.15) is 13.2 Å². The number of hydrogen-bond donors (Lipinski definition) is 3. The molecular formula is C30H50F5N5O3SSi. The number of imidazole rings is 1. The Bertz CT molecular complexity index is 1310. The summed E-state index contributed by atoms with van der Waals surface area (Å²) >= 11 is 0. The van der Waals surface area contributed by atoms with E-state index < -0.39 is 67.2 Å². The number of hydrogen-bond acceptors (Lipinski definition) is 6. The Labute approximate surface area is 267 Å². The van der Waals surface area contributed by atoms with Gasteiger partial charge in [-0.15, -0.1) is 0 Å². The molecule has 0 unspecified atom stereocenters. The molecular weight excluding hydrogens is 634 g/mol. The fourth-order valence-electron chi connectivity index (χ4n) is 4.45. The monoisotopic (exact) mass is 683 g/mol. The number of fused-ring (bicyclic) bond motifs is 1. The van der Waals surface area contributed by atoms with Crippen LogP contribution in [0.4, 0.5) is 22.0 Å². The van der Waals surface area contributed by atoms with Gasteiger partial charge in [0.25, 0.3) is 5.92 Å². The number of ether oxygens (including phenoxy) is 2. The lowest BCUT2D eigenvalue weighted by Crippen LogP contribution is -2.45. The first-order valence-electron chi connectivity index (χ1n) is 15.3. The summed E-state index contributed by atoms with van der Waals surface area (Å²) in [6.45, 7) is 12.6. The van der Waals surface area contributed by atoms with Gasteiger partial charge in [0.1, 0.15) is 18.6 Å². The van der Waals surface area contributed by atoms with E-state index in [2.05, 4.69) is 29.7 Å². The highest BCUT2D eigenvalue weighted by molar-refractivity contribution is 7.84. The van der Waals surface area contributed by atoms with Gasteiger partial charge in [0.15, 0.2) is 5.60 Å². The van der Waals surface area contributed by atoms with Crippen LogP contribution in [0.25, 0.3) is 11.0 Å². The Balaban J connectivity index is 2.06. The highest BCUT2D eigenvalue weighted by atomic mass is 32.2. The SMILES string of the molecule is CC(C)(C)[S@@](=O)N[C@@H](COC(C)(C)C(F)(F)F)c1nc2cc([C@H](NCC(F)(F)CN)C3CC3)ccc2n1COCC[Si](C)(C)C. The predicted octanol–water partition coefficient (Wildman–Crippen LogP) is 6.43. The molecule has 3 atom stereocenters. The van der Waals surface area contributed by atoms with E-state index in [4.69, 9.17) is 20.2 Å². The zero-order valence-electron chi connectivity index (χ0n) is 27.6. The van der Waals surface area contributed by atoms with Gasteiger partial charge in [0, 0.05) is 20.7 Å². The average molecular weight is 684 g/mol. The van der Waals surface area contributed by atoms with Crippen molar-refractivity contribution in [2.45, 2.75) is 114 Å². The summed E-state index contributed by atoms with van der Waals surface area (Å²) in [5.74, 6) is -2.56. The molecule has 15 heteroatoms. The lowest BCUT2D eigenvalue weighted by Gasteiger charge is -2.31. The second-order valence-electron chi connectivity index (χ2n) is 14.6. The first kappa shape index (κ1) is 38.0. The Hall–Kier alpha value is -1.49. The molecule has 45 heavy (non-hydrogen) atoms. The third-order valence-corrected chi connectivity index (χ3v) is 11.1. The molecule has 8 nitrogen and oxygen atoms in total. The first-order valence-corrected chi connectivity index (χ1v) is 20.2. The minimum absolute atomic E-state index is 0.0612. The Kier molecular flexibility index (Phi) is 12.1. The lowest BCUT2D eigenvalue weighted by atomic mass is 10.0. The molecule has 0 aliphatic heterocycles. The van der Waals surface area contributed by atoms with Gasteiger partial charge in [-0.05, 0) is 77.1 Å². The number of nitrogens with two attached hydrogens (primary N) is 1. The molecule has 1 heterocycles. The third kappa shape index (κ3) is 10.8. The molecule has 1 aromatic carbocycles. The van der Waals surface area contributed by atoms with Crippen LogP contribution < -0.4 is 15.8 Å². The van der Waals surface area contributed by atoms with Crippen LogP contribution in [0.2, 0.25) is 25.7 Å². The molecule has 0 spiro atoms. The van der Waals surface area contributed by atoms with Crippen molar-refractivity contribution in [2.24, 2.45) is 11.7 Å².